The molecule has 0 aliphatic carbocycles. The average molecular weight is 488 g/mol. The van der Waals surface area contributed by atoms with Crippen LogP contribution in [0.3, 0.4) is 0 Å². The van der Waals surface area contributed by atoms with E-state index in [1.54, 1.807) is 0 Å². The van der Waals surface area contributed by atoms with E-state index in [1.807, 2.05) is 29.2 Å². The molecule has 1 radical (unpaired) electrons. The van der Waals surface area contributed by atoms with Crippen LogP contribution in [0, 0.1) is 6.07 Å². The van der Waals surface area contributed by atoms with Crippen LogP contribution in [0.5, 0.6) is 0 Å². The van der Waals surface area contributed by atoms with Crippen molar-refractivity contribution in [3.8, 4) is 5.69 Å². The second-order valence-electron chi connectivity index (χ2n) is 4.12. The van der Waals surface area contributed by atoms with Crippen LogP contribution in [-0.2, 0) is 20.1 Å². The predicted molar refractivity (Wildman–Crippen MR) is 74.4 cm³/mol. The van der Waals surface area contributed by atoms with Gasteiger partial charge in [0, 0.05) is 20.1 Å². The van der Waals surface area contributed by atoms with Gasteiger partial charge in [-0.05, 0) is 0 Å². The molecule has 95 valence electrons. The minimum atomic E-state index is 0. The molecule has 2 aromatic carbocycles. The summed E-state index contributed by atoms with van der Waals surface area (Å²) in [6.45, 7) is 0. The molecule has 4 rings (SSSR count). The summed E-state index contributed by atoms with van der Waals surface area (Å²) in [5.74, 6) is 0. The van der Waals surface area contributed by atoms with Crippen LogP contribution in [0.1, 0.15) is 0 Å². The van der Waals surface area contributed by atoms with E-state index < -0.39 is 0 Å². The summed E-state index contributed by atoms with van der Waals surface area (Å²) in [4.78, 5) is 0. The monoisotopic (exact) mass is 490 g/mol. The van der Waals surface area contributed by atoms with Crippen molar-refractivity contribution < 1.29 is 20.1 Å². The second-order valence-corrected chi connectivity index (χ2v) is 6.33. The first-order valence-corrected chi connectivity index (χ1v) is 7.47. The number of hydrogen-bond donors (Lipinski definition) is 0. The second kappa shape index (κ2) is 5.07. The van der Waals surface area contributed by atoms with Crippen molar-refractivity contribution in [3.05, 3.63) is 60.9 Å². The van der Waals surface area contributed by atoms with Crippen molar-refractivity contribution in [2.45, 2.75) is 0 Å². The minimum absolute atomic E-state index is 0. The predicted octanol–water partition coefficient (Wildman–Crippen LogP) is 3.03. The van der Waals surface area contributed by atoms with Crippen molar-refractivity contribution in [1.82, 2.24) is 9.78 Å². The summed E-state index contributed by atoms with van der Waals surface area (Å²) in [6, 6.07) is 18.1. The first-order chi connectivity index (χ1) is 8.93. The zero-order valence-corrected chi connectivity index (χ0v) is 13.9. The van der Waals surface area contributed by atoms with Crippen LogP contribution in [0.2, 0.25) is 0 Å². The maximum absolute atomic E-state index is 4.32. The normalized spacial score (nSPS) is 10.7. The Hall–Kier alpha value is -1.18. The average Bonchev–Trinajstić information content (AvgIpc) is 3.05. The van der Waals surface area contributed by atoms with Gasteiger partial charge in [0.05, 0.1) is 0 Å². The Labute approximate surface area is 130 Å². The van der Waals surface area contributed by atoms with Crippen LogP contribution < -0.4 is 0 Å². The Morgan fingerprint density at radius 3 is 2.79 bits per heavy atom. The van der Waals surface area contributed by atoms with Gasteiger partial charge in [-0.1, -0.05) is 0 Å². The summed E-state index contributed by atoms with van der Waals surface area (Å²) >= 11 is 0.352. The van der Waals surface area contributed by atoms with Gasteiger partial charge in [0.15, 0.2) is 0 Å². The van der Waals surface area contributed by atoms with E-state index in [-0.39, 0.29) is 20.1 Å². The molecule has 0 spiro atoms. The van der Waals surface area contributed by atoms with Gasteiger partial charge in [-0.2, -0.15) is 0 Å². The third-order valence-corrected chi connectivity index (χ3v) is 5.56. The maximum atomic E-state index is 4.32. The molecule has 2 nitrogen and oxygen atoms in total. The Balaban J connectivity index is 0.00000110. The SMILES string of the molecule is [Ir].[c-]1ccc2c([se]c3ccccc32)c1-n1cccn1. The van der Waals surface area contributed by atoms with Crippen molar-refractivity contribution in [1.29, 1.82) is 0 Å². The molecule has 0 aliphatic rings. The van der Waals surface area contributed by atoms with Crippen LogP contribution in [0.15, 0.2) is 54.9 Å². The number of rotatable bonds is 1. The molecular weight excluding hydrogens is 479 g/mol. The van der Waals surface area contributed by atoms with Gasteiger partial charge in [0.2, 0.25) is 0 Å². The molecule has 2 heterocycles. The molecule has 0 unspecified atom stereocenters. The molecule has 4 heteroatoms. The van der Waals surface area contributed by atoms with Crippen molar-refractivity contribution in [2.75, 3.05) is 0 Å². The first-order valence-electron chi connectivity index (χ1n) is 5.75. The Morgan fingerprint density at radius 1 is 1.05 bits per heavy atom. The van der Waals surface area contributed by atoms with Crippen LogP contribution >= 0.6 is 0 Å². The summed E-state index contributed by atoms with van der Waals surface area (Å²) < 4.78 is 4.75. The zero-order valence-electron chi connectivity index (χ0n) is 9.83. The van der Waals surface area contributed by atoms with E-state index in [0.29, 0.717) is 14.5 Å². The van der Waals surface area contributed by atoms with Gasteiger partial charge in [0.25, 0.3) is 0 Å². The Bertz CT molecular complexity index is 834. The van der Waals surface area contributed by atoms with Gasteiger partial charge in [0.1, 0.15) is 0 Å². The Morgan fingerprint density at radius 2 is 1.95 bits per heavy atom. The fraction of sp³-hybridized carbons (Fsp3) is 0. The quantitative estimate of drug-likeness (QED) is 0.298. The van der Waals surface area contributed by atoms with Crippen LogP contribution in [-0.4, -0.2) is 24.3 Å². The van der Waals surface area contributed by atoms with Gasteiger partial charge in [-0.15, -0.1) is 0 Å². The van der Waals surface area contributed by atoms with Crippen molar-refractivity contribution in [3.63, 3.8) is 0 Å². The van der Waals surface area contributed by atoms with E-state index in [2.05, 4.69) is 41.5 Å². The summed E-state index contributed by atoms with van der Waals surface area (Å²) in [6.07, 6.45) is 3.79. The zero-order chi connectivity index (χ0) is 11.9. The number of nitrogens with zero attached hydrogens (tertiary/aromatic N) is 2. The van der Waals surface area contributed by atoms with Gasteiger partial charge in [-0.25, -0.2) is 0 Å². The van der Waals surface area contributed by atoms with Gasteiger partial charge >= 0.3 is 110 Å². The van der Waals surface area contributed by atoms with E-state index in [4.69, 9.17) is 0 Å². The van der Waals surface area contributed by atoms with Crippen molar-refractivity contribution in [2.24, 2.45) is 0 Å². The fourth-order valence-corrected chi connectivity index (χ4v) is 4.75. The van der Waals surface area contributed by atoms with Crippen molar-refractivity contribution >= 4 is 33.8 Å². The van der Waals surface area contributed by atoms with Gasteiger partial charge < -0.3 is 0 Å². The number of hydrogen-bond acceptors (Lipinski definition) is 1. The molecule has 2 aromatic heterocycles. The summed E-state index contributed by atoms with van der Waals surface area (Å²) in [5, 5.41) is 7.03. The fourth-order valence-electron chi connectivity index (χ4n) is 2.25. The molecule has 0 saturated heterocycles. The molecule has 0 saturated carbocycles. The number of benzene rings is 2. The molecule has 0 fully saturated rings. The number of fused-ring (bicyclic) bond motifs is 3. The third-order valence-electron chi connectivity index (χ3n) is 3.05. The van der Waals surface area contributed by atoms with E-state index in [9.17, 15) is 0 Å². The van der Waals surface area contributed by atoms with Gasteiger partial charge in [-0.3, -0.25) is 0 Å². The Kier molecular flexibility index (Phi) is 3.42. The van der Waals surface area contributed by atoms with E-state index >= 15 is 0 Å². The molecule has 0 bridgehead atoms. The third kappa shape index (κ3) is 2.01. The molecule has 4 aromatic rings. The van der Waals surface area contributed by atoms with Crippen LogP contribution in [0.4, 0.5) is 0 Å². The molecule has 0 amide bonds. The molecule has 19 heavy (non-hydrogen) atoms. The number of aromatic nitrogens is 2. The first kappa shape index (κ1) is 12.8. The molecular formula is C15H9IrN2Se-. The summed E-state index contributed by atoms with van der Waals surface area (Å²) in [7, 11) is 0. The summed E-state index contributed by atoms with van der Waals surface area (Å²) in [5.41, 5.74) is 1.09. The standard InChI is InChI=1S/C15H9N2Se.Ir/c1-2-8-14-11(5-1)12-6-3-7-13(15(12)18-14)17-10-4-9-16-17;/h1-6,8-10H;/q-1;. The topological polar surface area (TPSA) is 17.8 Å². The molecule has 0 aliphatic heterocycles. The molecule has 0 N–H and O–H groups in total. The molecule has 0 atom stereocenters. The van der Waals surface area contributed by atoms with Crippen LogP contribution in [0.25, 0.3) is 25.0 Å². The van der Waals surface area contributed by atoms with E-state index in [0.717, 1.165) is 5.69 Å². The van der Waals surface area contributed by atoms with E-state index in [1.165, 1.54) is 19.3 Å².